The van der Waals surface area contributed by atoms with Crippen LogP contribution in [-0.2, 0) is 11.3 Å². The number of aliphatic hydroxyl groups is 1. The largest absolute Gasteiger partial charge is 0.388 e. The lowest BCUT2D eigenvalue weighted by atomic mass is 10.00. The van der Waals surface area contributed by atoms with Crippen LogP contribution < -0.4 is 0 Å². The highest BCUT2D eigenvalue weighted by molar-refractivity contribution is 5.31. The molecule has 0 heterocycles. The molecule has 3 atom stereocenters. The van der Waals surface area contributed by atoms with Crippen LogP contribution in [0.2, 0.25) is 0 Å². The van der Waals surface area contributed by atoms with Crippen LogP contribution in [0.5, 0.6) is 0 Å². The van der Waals surface area contributed by atoms with Crippen molar-refractivity contribution < 1.29 is 9.84 Å². The number of hydrogen-bond donors (Lipinski definition) is 1. The van der Waals surface area contributed by atoms with Gasteiger partial charge in [0.15, 0.2) is 0 Å². The maximum Gasteiger partial charge on any atom is 0.0824 e. The van der Waals surface area contributed by atoms with Gasteiger partial charge in [0, 0.05) is 7.11 Å². The smallest absolute Gasteiger partial charge is 0.0824 e. The van der Waals surface area contributed by atoms with E-state index in [1.165, 1.54) is 5.56 Å². The van der Waals surface area contributed by atoms with Gasteiger partial charge in [-0.3, -0.25) is 0 Å². The molecule has 1 aliphatic carbocycles. The van der Waals surface area contributed by atoms with Crippen LogP contribution in [0.25, 0.3) is 0 Å². The van der Waals surface area contributed by atoms with Crippen LogP contribution in [0.15, 0.2) is 54.6 Å². The Balaban J connectivity index is 1.71. The fourth-order valence-corrected chi connectivity index (χ4v) is 2.93. The van der Waals surface area contributed by atoms with E-state index >= 15 is 0 Å². The van der Waals surface area contributed by atoms with E-state index in [2.05, 4.69) is 30.3 Å². The van der Waals surface area contributed by atoms with Gasteiger partial charge in [-0.15, -0.1) is 0 Å². The van der Waals surface area contributed by atoms with Gasteiger partial charge < -0.3 is 9.84 Å². The third kappa shape index (κ3) is 2.77. The highest BCUT2D eigenvalue weighted by Crippen LogP contribution is 2.53. The number of hydrogen-bond acceptors (Lipinski definition) is 2. The van der Waals surface area contributed by atoms with Gasteiger partial charge in [0.05, 0.1) is 12.7 Å². The second-order valence-corrected chi connectivity index (χ2v) is 5.54. The summed E-state index contributed by atoms with van der Waals surface area (Å²) < 4.78 is 5.15. The summed E-state index contributed by atoms with van der Waals surface area (Å²) in [6, 6.07) is 18.5. The van der Waals surface area contributed by atoms with Gasteiger partial charge >= 0.3 is 0 Å². The first-order chi connectivity index (χ1) is 9.79. The molecular formula is C18H20O2. The number of ether oxygens (including phenoxy) is 1. The number of methoxy groups -OCH3 is 1. The summed E-state index contributed by atoms with van der Waals surface area (Å²) in [5.74, 6) is 0.840. The van der Waals surface area contributed by atoms with Gasteiger partial charge in [0.1, 0.15) is 0 Å². The molecular weight excluding hydrogens is 248 g/mol. The Kier molecular flexibility index (Phi) is 3.86. The van der Waals surface area contributed by atoms with E-state index in [-0.39, 0.29) is 6.10 Å². The second kappa shape index (κ2) is 5.78. The molecule has 2 heteroatoms. The molecule has 2 aromatic rings. The molecule has 0 bridgehead atoms. The molecule has 3 unspecified atom stereocenters. The van der Waals surface area contributed by atoms with Crippen molar-refractivity contribution in [3.63, 3.8) is 0 Å². The lowest BCUT2D eigenvalue weighted by Gasteiger charge is -2.12. The van der Waals surface area contributed by atoms with Crippen LogP contribution in [0.4, 0.5) is 0 Å². The van der Waals surface area contributed by atoms with Crippen molar-refractivity contribution >= 4 is 0 Å². The first-order valence-electron chi connectivity index (χ1n) is 7.10. The summed E-state index contributed by atoms with van der Waals surface area (Å²) in [6.07, 6.45) is 0.691. The molecule has 0 saturated heterocycles. The van der Waals surface area contributed by atoms with E-state index in [0.717, 1.165) is 17.5 Å². The first kappa shape index (κ1) is 13.3. The molecule has 0 aromatic heterocycles. The topological polar surface area (TPSA) is 29.5 Å². The molecule has 20 heavy (non-hydrogen) atoms. The zero-order valence-electron chi connectivity index (χ0n) is 11.7. The van der Waals surface area contributed by atoms with Crippen molar-refractivity contribution in [3.05, 3.63) is 71.3 Å². The second-order valence-electron chi connectivity index (χ2n) is 5.54. The number of rotatable bonds is 5. The average molecular weight is 268 g/mol. The van der Waals surface area contributed by atoms with Crippen LogP contribution >= 0.6 is 0 Å². The van der Waals surface area contributed by atoms with Crippen LogP contribution in [0.3, 0.4) is 0 Å². The van der Waals surface area contributed by atoms with Gasteiger partial charge in [-0.2, -0.15) is 0 Å². The summed E-state index contributed by atoms with van der Waals surface area (Å²) in [5, 5.41) is 10.5. The number of benzene rings is 2. The third-order valence-electron chi connectivity index (χ3n) is 4.08. The highest BCUT2D eigenvalue weighted by atomic mass is 16.5. The van der Waals surface area contributed by atoms with Gasteiger partial charge in [0.2, 0.25) is 0 Å². The Morgan fingerprint density at radius 3 is 2.70 bits per heavy atom. The molecule has 1 fully saturated rings. The number of aliphatic hydroxyl groups excluding tert-OH is 1. The van der Waals surface area contributed by atoms with Crippen LogP contribution in [-0.4, -0.2) is 12.2 Å². The van der Waals surface area contributed by atoms with Gasteiger partial charge in [-0.05, 0) is 34.9 Å². The van der Waals surface area contributed by atoms with Crippen molar-refractivity contribution in [2.45, 2.75) is 25.0 Å². The maximum atomic E-state index is 10.5. The average Bonchev–Trinajstić information content (AvgIpc) is 3.29. The van der Waals surface area contributed by atoms with Crippen LogP contribution in [0.1, 0.15) is 35.1 Å². The predicted molar refractivity (Wildman–Crippen MR) is 79.4 cm³/mol. The Bertz CT molecular complexity index is 565. The molecule has 0 radical (unpaired) electrons. The minimum absolute atomic E-state index is 0.343. The molecule has 0 spiro atoms. The predicted octanol–water partition coefficient (Wildman–Crippen LogP) is 3.67. The monoisotopic (exact) mass is 268 g/mol. The molecule has 104 valence electrons. The van der Waals surface area contributed by atoms with Crippen molar-refractivity contribution in [3.8, 4) is 0 Å². The standard InChI is InChI=1S/C18H20O2/c1-20-12-13-6-5-9-15(10-13)18(19)17-11-16(17)14-7-3-2-4-8-14/h2-10,16-19H,11-12H2,1H3. The minimum atomic E-state index is -0.378. The first-order valence-corrected chi connectivity index (χ1v) is 7.10. The fraction of sp³-hybridized carbons (Fsp3) is 0.333. The van der Waals surface area contributed by atoms with Crippen molar-refractivity contribution in [1.82, 2.24) is 0 Å². The summed E-state index contributed by atoms with van der Waals surface area (Å²) in [6.45, 7) is 0.591. The molecule has 3 rings (SSSR count). The quantitative estimate of drug-likeness (QED) is 0.896. The summed E-state index contributed by atoms with van der Waals surface area (Å²) in [7, 11) is 1.69. The van der Waals surface area contributed by atoms with Crippen molar-refractivity contribution in [1.29, 1.82) is 0 Å². The van der Waals surface area contributed by atoms with Gasteiger partial charge in [-0.1, -0.05) is 54.6 Å². The molecule has 1 saturated carbocycles. The summed E-state index contributed by atoms with van der Waals surface area (Å²) in [5.41, 5.74) is 3.45. The Morgan fingerprint density at radius 2 is 1.95 bits per heavy atom. The Labute approximate surface area is 120 Å². The van der Waals surface area contributed by atoms with E-state index in [4.69, 9.17) is 4.74 Å². The van der Waals surface area contributed by atoms with Gasteiger partial charge in [0.25, 0.3) is 0 Å². The SMILES string of the molecule is COCc1cccc(C(O)C2CC2c2ccccc2)c1. The molecule has 2 nitrogen and oxygen atoms in total. The Morgan fingerprint density at radius 1 is 1.15 bits per heavy atom. The Hall–Kier alpha value is -1.64. The molecule has 1 aliphatic rings. The normalized spacial score (nSPS) is 22.5. The van der Waals surface area contributed by atoms with Gasteiger partial charge in [-0.25, -0.2) is 0 Å². The fourth-order valence-electron chi connectivity index (χ4n) is 2.93. The molecule has 2 aromatic carbocycles. The molecule has 1 N–H and O–H groups in total. The van der Waals surface area contributed by atoms with Crippen molar-refractivity contribution in [2.75, 3.05) is 7.11 Å². The molecule has 0 aliphatic heterocycles. The zero-order chi connectivity index (χ0) is 13.9. The van der Waals surface area contributed by atoms with E-state index < -0.39 is 0 Å². The van der Waals surface area contributed by atoms with E-state index in [0.29, 0.717) is 18.4 Å². The lowest BCUT2D eigenvalue weighted by Crippen LogP contribution is -2.02. The highest BCUT2D eigenvalue weighted by Gasteiger charge is 2.43. The molecule has 0 amide bonds. The van der Waals surface area contributed by atoms with Crippen LogP contribution in [0, 0.1) is 5.92 Å². The van der Waals surface area contributed by atoms with Crippen molar-refractivity contribution in [2.24, 2.45) is 5.92 Å². The van der Waals surface area contributed by atoms with E-state index in [1.807, 2.05) is 24.3 Å². The zero-order valence-corrected chi connectivity index (χ0v) is 11.7. The summed E-state index contributed by atoms with van der Waals surface area (Å²) >= 11 is 0. The van der Waals surface area contributed by atoms with E-state index in [1.54, 1.807) is 7.11 Å². The van der Waals surface area contributed by atoms with E-state index in [9.17, 15) is 5.11 Å². The third-order valence-corrected chi connectivity index (χ3v) is 4.08. The summed E-state index contributed by atoms with van der Waals surface area (Å²) in [4.78, 5) is 0. The lowest BCUT2D eigenvalue weighted by molar-refractivity contribution is 0.150. The maximum absolute atomic E-state index is 10.5. The minimum Gasteiger partial charge on any atom is -0.388 e.